The van der Waals surface area contributed by atoms with E-state index in [1.807, 2.05) is 0 Å². The van der Waals surface area contributed by atoms with Crippen LogP contribution in [0.25, 0.3) is 0 Å². The number of carboxylic acid groups (broad SMARTS) is 1. The number of carbonyl (C=O) groups is 1. The maximum absolute atomic E-state index is 10.3. The minimum Gasteiger partial charge on any atom is -0.480 e. The van der Waals surface area contributed by atoms with Gasteiger partial charge in [0.2, 0.25) is 0 Å². The first-order valence-electron chi connectivity index (χ1n) is 3.12. The second kappa shape index (κ2) is 3.33. The summed E-state index contributed by atoms with van der Waals surface area (Å²) in [5.41, 5.74) is 0. The van der Waals surface area contributed by atoms with Gasteiger partial charge in [-0.3, -0.25) is 4.79 Å². The number of hydrogen-bond donors (Lipinski definition) is 1. The summed E-state index contributed by atoms with van der Waals surface area (Å²) in [6.07, 6.45) is 0. The van der Waals surface area contributed by atoms with Crippen LogP contribution in [0.2, 0.25) is 10.3 Å². The highest BCUT2D eigenvalue weighted by molar-refractivity contribution is 6.40. The van der Waals surface area contributed by atoms with Crippen molar-refractivity contribution in [2.75, 3.05) is 0 Å². The summed E-state index contributed by atoms with van der Waals surface area (Å²) in [5.74, 6) is -0.485. The van der Waals surface area contributed by atoms with Crippen LogP contribution < -0.4 is 0 Å². The molecular formula is C6H6Cl2N2O2. The van der Waals surface area contributed by atoms with Crippen LogP contribution in [0.3, 0.4) is 0 Å². The fourth-order valence-corrected chi connectivity index (χ4v) is 1.27. The normalized spacial score (nSPS) is 10.2. The topological polar surface area (TPSA) is 55.1 Å². The van der Waals surface area contributed by atoms with Gasteiger partial charge >= 0.3 is 5.97 Å². The quantitative estimate of drug-likeness (QED) is 0.804. The number of hydrogen-bond acceptors (Lipinski definition) is 2. The molecule has 0 saturated heterocycles. The number of aryl methyl sites for hydroxylation is 1. The Morgan fingerprint density at radius 1 is 1.67 bits per heavy atom. The molecule has 66 valence electrons. The highest BCUT2D eigenvalue weighted by Gasteiger charge is 2.12. The summed E-state index contributed by atoms with van der Waals surface area (Å²) >= 11 is 11.2. The van der Waals surface area contributed by atoms with Crippen LogP contribution in [0.5, 0.6) is 0 Å². The van der Waals surface area contributed by atoms with E-state index in [0.29, 0.717) is 5.82 Å². The van der Waals surface area contributed by atoms with Crippen LogP contribution >= 0.6 is 23.2 Å². The van der Waals surface area contributed by atoms with Gasteiger partial charge in [-0.25, -0.2) is 4.98 Å². The number of imidazole rings is 1. The third kappa shape index (κ3) is 1.70. The molecular weight excluding hydrogens is 203 g/mol. The fraction of sp³-hybridized carbons (Fsp3) is 0.333. The molecule has 0 atom stereocenters. The van der Waals surface area contributed by atoms with Crippen LogP contribution in [-0.4, -0.2) is 20.6 Å². The molecule has 6 heteroatoms. The molecule has 12 heavy (non-hydrogen) atoms. The van der Waals surface area contributed by atoms with Gasteiger partial charge < -0.3 is 9.67 Å². The van der Waals surface area contributed by atoms with Gasteiger partial charge in [0.25, 0.3) is 0 Å². The Bertz CT molecular complexity index is 322. The summed E-state index contributed by atoms with van der Waals surface area (Å²) in [7, 11) is 0. The average molecular weight is 209 g/mol. The van der Waals surface area contributed by atoms with E-state index in [0.717, 1.165) is 0 Å². The summed E-state index contributed by atoms with van der Waals surface area (Å²) < 4.78 is 1.33. The second-order valence-corrected chi connectivity index (χ2v) is 2.94. The molecule has 1 N–H and O–H groups in total. The van der Waals surface area contributed by atoms with Crippen LogP contribution in [0.1, 0.15) is 5.82 Å². The minimum absolute atomic E-state index is 0.135. The smallest absolute Gasteiger partial charge is 0.323 e. The van der Waals surface area contributed by atoms with E-state index in [-0.39, 0.29) is 16.9 Å². The molecule has 0 radical (unpaired) electrons. The molecule has 1 heterocycles. The lowest BCUT2D eigenvalue weighted by Crippen LogP contribution is -2.10. The highest BCUT2D eigenvalue weighted by Crippen LogP contribution is 2.21. The largest absolute Gasteiger partial charge is 0.480 e. The van der Waals surface area contributed by atoms with E-state index >= 15 is 0 Å². The molecule has 1 aromatic rings. The van der Waals surface area contributed by atoms with Crippen molar-refractivity contribution in [3.05, 3.63) is 16.1 Å². The molecule has 4 nitrogen and oxygen atoms in total. The summed E-state index contributed by atoms with van der Waals surface area (Å²) in [6, 6.07) is 0. The number of carboxylic acids is 1. The van der Waals surface area contributed by atoms with Crippen molar-refractivity contribution in [1.82, 2.24) is 9.55 Å². The van der Waals surface area contributed by atoms with Crippen molar-refractivity contribution < 1.29 is 9.90 Å². The molecule has 0 aliphatic heterocycles. The van der Waals surface area contributed by atoms with Gasteiger partial charge in [0, 0.05) is 0 Å². The first-order chi connectivity index (χ1) is 5.52. The predicted octanol–water partition coefficient (Wildman–Crippen LogP) is 1.58. The third-order valence-corrected chi connectivity index (χ3v) is 2.09. The van der Waals surface area contributed by atoms with Gasteiger partial charge in [0.05, 0.1) is 0 Å². The summed E-state index contributed by atoms with van der Waals surface area (Å²) in [6.45, 7) is 1.42. The monoisotopic (exact) mass is 208 g/mol. The predicted molar refractivity (Wildman–Crippen MR) is 44.6 cm³/mol. The van der Waals surface area contributed by atoms with Gasteiger partial charge in [-0.05, 0) is 6.92 Å². The fourth-order valence-electron chi connectivity index (χ4n) is 0.821. The third-order valence-electron chi connectivity index (χ3n) is 1.35. The van der Waals surface area contributed by atoms with Crippen LogP contribution in [0.15, 0.2) is 0 Å². The lowest BCUT2D eigenvalue weighted by atomic mass is 10.6. The zero-order valence-corrected chi connectivity index (χ0v) is 7.72. The van der Waals surface area contributed by atoms with Crippen LogP contribution in [0.4, 0.5) is 0 Å². The molecule has 0 aliphatic rings. The lowest BCUT2D eigenvalue weighted by Gasteiger charge is -2.00. The average Bonchev–Trinajstić information content (AvgIpc) is 2.16. The Morgan fingerprint density at radius 3 is 2.58 bits per heavy atom. The van der Waals surface area contributed by atoms with E-state index in [2.05, 4.69) is 4.98 Å². The molecule has 1 aromatic heterocycles. The molecule has 0 spiro atoms. The highest BCUT2D eigenvalue weighted by atomic mass is 35.5. The van der Waals surface area contributed by atoms with Gasteiger partial charge in [0.15, 0.2) is 5.15 Å². The number of aromatic nitrogens is 2. The molecule has 1 rings (SSSR count). The summed E-state index contributed by atoms with van der Waals surface area (Å²) in [4.78, 5) is 14.1. The molecule has 0 fully saturated rings. The van der Waals surface area contributed by atoms with E-state index < -0.39 is 5.97 Å². The second-order valence-electron chi connectivity index (χ2n) is 2.22. The van der Waals surface area contributed by atoms with Crippen LogP contribution in [0, 0.1) is 6.92 Å². The zero-order chi connectivity index (χ0) is 9.30. The SMILES string of the molecule is Cc1nc(Cl)c(Cl)n1CC(=O)O. The van der Waals surface area contributed by atoms with E-state index in [1.165, 1.54) is 4.57 Å². The first-order valence-corrected chi connectivity index (χ1v) is 3.88. The van der Waals surface area contributed by atoms with E-state index in [4.69, 9.17) is 28.3 Å². The van der Waals surface area contributed by atoms with E-state index in [1.54, 1.807) is 6.92 Å². The molecule has 0 aliphatic carbocycles. The lowest BCUT2D eigenvalue weighted by molar-refractivity contribution is -0.137. The molecule has 0 bridgehead atoms. The van der Waals surface area contributed by atoms with Crippen molar-refractivity contribution in [1.29, 1.82) is 0 Å². The maximum atomic E-state index is 10.3. The Labute approximate surface area is 78.7 Å². The van der Waals surface area contributed by atoms with Gasteiger partial charge in [-0.15, -0.1) is 0 Å². The molecule has 0 unspecified atom stereocenters. The minimum atomic E-state index is -0.978. The van der Waals surface area contributed by atoms with Crippen molar-refractivity contribution in [2.24, 2.45) is 0 Å². The maximum Gasteiger partial charge on any atom is 0.323 e. The molecule has 0 saturated carbocycles. The Morgan fingerprint density at radius 2 is 2.25 bits per heavy atom. The number of nitrogens with zero attached hydrogens (tertiary/aromatic N) is 2. The van der Waals surface area contributed by atoms with Gasteiger partial charge in [-0.1, -0.05) is 23.2 Å². The number of rotatable bonds is 2. The number of aliphatic carboxylic acids is 1. The summed E-state index contributed by atoms with van der Waals surface area (Å²) in [5, 5.41) is 8.77. The Kier molecular flexibility index (Phi) is 2.59. The molecule has 0 aromatic carbocycles. The van der Waals surface area contributed by atoms with Gasteiger partial charge in [0.1, 0.15) is 17.5 Å². The zero-order valence-electron chi connectivity index (χ0n) is 6.21. The van der Waals surface area contributed by atoms with E-state index in [9.17, 15) is 4.79 Å². The van der Waals surface area contributed by atoms with Crippen molar-refractivity contribution in [2.45, 2.75) is 13.5 Å². The van der Waals surface area contributed by atoms with Crippen LogP contribution in [-0.2, 0) is 11.3 Å². The first kappa shape index (κ1) is 9.35. The van der Waals surface area contributed by atoms with Crippen molar-refractivity contribution >= 4 is 29.2 Å². The Hall–Kier alpha value is -0.740. The standard InChI is InChI=1S/C6H6Cl2N2O2/c1-3-9-5(7)6(8)10(3)2-4(11)12/h2H2,1H3,(H,11,12). The number of halogens is 2. The van der Waals surface area contributed by atoms with Crippen molar-refractivity contribution in [3.63, 3.8) is 0 Å². The van der Waals surface area contributed by atoms with Gasteiger partial charge in [-0.2, -0.15) is 0 Å². The van der Waals surface area contributed by atoms with Crippen molar-refractivity contribution in [3.8, 4) is 0 Å². The molecule has 0 amide bonds. The Balaban J connectivity index is 3.05.